The van der Waals surface area contributed by atoms with Gasteiger partial charge in [0.2, 0.25) is 0 Å². The van der Waals surface area contributed by atoms with Gasteiger partial charge in [0.15, 0.2) is 0 Å². The van der Waals surface area contributed by atoms with Crippen LogP contribution in [0.5, 0.6) is 5.75 Å². The Morgan fingerprint density at radius 2 is 1.91 bits per heavy atom. The number of methoxy groups -OCH3 is 1. The van der Waals surface area contributed by atoms with Crippen LogP contribution >= 0.6 is 11.6 Å². The second-order valence-electron chi connectivity index (χ2n) is 4.78. The van der Waals surface area contributed by atoms with Gasteiger partial charge in [-0.05, 0) is 29.7 Å². The first-order valence-electron chi connectivity index (χ1n) is 6.71. The highest BCUT2D eigenvalue weighted by molar-refractivity contribution is 7.92. The number of rotatable bonds is 4. The van der Waals surface area contributed by atoms with Crippen LogP contribution in [-0.2, 0) is 10.0 Å². The molecule has 0 unspecified atom stereocenters. The third-order valence-corrected chi connectivity index (χ3v) is 4.92. The van der Waals surface area contributed by atoms with Crippen LogP contribution in [0.3, 0.4) is 0 Å². The number of nitrogens with one attached hydrogen (secondary N) is 1. The molecule has 0 aliphatic rings. The standard InChI is InChI=1S/C16H13ClN2O3S/c1-22-14-7-6-12(17)10-15(14)23(20,21)19-16-13-5-3-2-4-11(13)8-9-18-16/h2-10H,1H3,(H,18,19). The summed E-state index contributed by atoms with van der Waals surface area (Å²) >= 11 is 5.91. The minimum absolute atomic E-state index is 0.0396. The van der Waals surface area contributed by atoms with E-state index >= 15 is 0 Å². The molecule has 5 nitrogen and oxygen atoms in total. The van der Waals surface area contributed by atoms with E-state index in [1.165, 1.54) is 19.2 Å². The molecule has 1 N–H and O–H groups in total. The summed E-state index contributed by atoms with van der Waals surface area (Å²) in [5.41, 5.74) is 0. The maximum Gasteiger partial charge on any atom is 0.266 e. The Morgan fingerprint density at radius 1 is 1.13 bits per heavy atom. The number of benzene rings is 2. The van der Waals surface area contributed by atoms with Crippen molar-refractivity contribution in [2.75, 3.05) is 11.8 Å². The van der Waals surface area contributed by atoms with Crippen molar-refractivity contribution in [3.63, 3.8) is 0 Å². The highest BCUT2D eigenvalue weighted by atomic mass is 35.5. The van der Waals surface area contributed by atoms with E-state index in [-0.39, 0.29) is 16.5 Å². The molecule has 2 aromatic carbocycles. The van der Waals surface area contributed by atoms with Crippen molar-refractivity contribution < 1.29 is 13.2 Å². The fourth-order valence-electron chi connectivity index (χ4n) is 2.24. The summed E-state index contributed by atoms with van der Waals surface area (Å²) in [5.74, 6) is 0.465. The van der Waals surface area contributed by atoms with E-state index in [2.05, 4.69) is 9.71 Å². The lowest BCUT2D eigenvalue weighted by Gasteiger charge is -2.12. The van der Waals surface area contributed by atoms with Crippen molar-refractivity contribution in [2.45, 2.75) is 4.90 Å². The smallest absolute Gasteiger partial charge is 0.266 e. The van der Waals surface area contributed by atoms with Crippen LogP contribution in [0.25, 0.3) is 10.8 Å². The minimum atomic E-state index is -3.89. The molecule has 3 aromatic rings. The molecule has 0 fully saturated rings. The maximum atomic E-state index is 12.7. The van der Waals surface area contributed by atoms with Gasteiger partial charge in [0, 0.05) is 16.6 Å². The van der Waals surface area contributed by atoms with Gasteiger partial charge in [-0.1, -0.05) is 35.9 Å². The molecule has 0 atom stereocenters. The van der Waals surface area contributed by atoms with Gasteiger partial charge in [-0.2, -0.15) is 0 Å². The zero-order valence-electron chi connectivity index (χ0n) is 12.2. The van der Waals surface area contributed by atoms with Crippen LogP contribution in [-0.4, -0.2) is 20.5 Å². The third-order valence-electron chi connectivity index (χ3n) is 3.32. The van der Waals surface area contributed by atoms with Gasteiger partial charge >= 0.3 is 0 Å². The van der Waals surface area contributed by atoms with Crippen molar-refractivity contribution in [3.05, 3.63) is 59.8 Å². The average molecular weight is 349 g/mol. The van der Waals surface area contributed by atoms with E-state index in [0.29, 0.717) is 10.4 Å². The largest absolute Gasteiger partial charge is 0.495 e. The topological polar surface area (TPSA) is 68.3 Å². The van der Waals surface area contributed by atoms with Crippen LogP contribution in [0, 0.1) is 0 Å². The normalized spacial score (nSPS) is 11.4. The van der Waals surface area contributed by atoms with Crippen LogP contribution in [0.1, 0.15) is 0 Å². The highest BCUT2D eigenvalue weighted by Gasteiger charge is 2.21. The van der Waals surface area contributed by atoms with E-state index in [0.717, 1.165) is 5.39 Å². The minimum Gasteiger partial charge on any atom is -0.495 e. The molecular formula is C16H13ClN2O3S. The summed E-state index contributed by atoms with van der Waals surface area (Å²) in [7, 11) is -2.49. The SMILES string of the molecule is COc1ccc(Cl)cc1S(=O)(=O)Nc1nccc2ccccc12. The lowest BCUT2D eigenvalue weighted by Crippen LogP contribution is -2.15. The number of hydrogen-bond donors (Lipinski definition) is 1. The third kappa shape index (κ3) is 3.09. The second kappa shape index (κ2) is 6.06. The Bertz CT molecular complexity index is 969. The quantitative estimate of drug-likeness (QED) is 0.780. The van der Waals surface area contributed by atoms with E-state index in [9.17, 15) is 8.42 Å². The Hall–Kier alpha value is -2.31. The molecule has 0 aliphatic carbocycles. The predicted octanol–water partition coefficient (Wildman–Crippen LogP) is 3.70. The second-order valence-corrected chi connectivity index (χ2v) is 6.87. The molecule has 3 rings (SSSR count). The number of hydrogen-bond acceptors (Lipinski definition) is 4. The molecule has 0 aliphatic heterocycles. The molecule has 0 spiro atoms. The van der Waals surface area contributed by atoms with Gasteiger partial charge in [-0.15, -0.1) is 0 Å². The molecule has 0 radical (unpaired) electrons. The molecule has 0 saturated carbocycles. The van der Waals surface area contributed by atoms with Gasteiger partial charge in [0.05, 0.1) is 7.11 Å². The summed E-state index contributed by atoms with van der Waals surface area (Å²) in [5, 5.41) is 1.90. The molecule has 0 amide bonds. The molecule has 23 heavy (non-hydrogen) atoms. The monoisotopic (exact) mass is 348 g/mol. The maximum absolute atomic E-state index is 12.7. The lowest BCUT2D eigenvalue weighted by atomic mass is 10.2. The summed E-state index contributed by atoms with van der Waals surface area (Å²) in [6.07, 6.45) is 1.55. The molecule has 1 heterocycles. The van der Waals surface area contributed by atoms with Crippen LogP contribution in [0.15, 0.2) is 59.6 Å². The van der Waals surface area contributed by atoms with Gasteiger partial charge in [0.1, 0.15) is 16.5 Å². The zero-order valence-corrected chi connectivity index (χ0v) is 13.7. The Morgan fingerprint density at radius 3 is 2.70 bits per heavy atom. The summed E-state index contributed by atoms with van der Waals surface area (Å²) in [4.78, 5) is 4.09. The van der Waals surface area contributed by atoms with Crippen molar-refractivity contribution in [1.29, 1.82) is 0 Å². The molecule has 0 bridgehead atoms. The number of halogens is 1. The van der Waals surface area contributed by atoms with Gasteiger partial charge < -0.3 is 4.74 Å². The first-order chi connectivity index (χ1) is 11.0. The summed E-state index contributed by atoms with van der Waals surface area (Å²) in [6.45, 7) is 0. The van der Waals surface area contributed by atoms with Gasteiger partial charge in [-0.3, -0.25) is 4.72 Å². The van der Waals surface area contributed by atoms with E-state index < -0.39 is 10.0 Å². The lowest BCUT2D eigenvalue weighted by molar-refractivity contribution is 0.403. The fourth-order valence-corrected chi connectivity index (χ4v) is 3.71. The molecular weight excluding hydrogens is 336 g/mol. The number of sulfonamides is 1. The Labute approximate surface area is 138 Å². The number of aromatic nitrogens is 1. The summed E-state index contributed by atoms with van der Waals surface area (Å²) in [6, 6.07) is 13.6. The first kappa shape index (κ1) is 15.6. The van der Waals surface area contributed by atoms with Gasteiger partial charge in [-0.25, -0.2) is 13.4 Å². The highest BCUT2D eigenvalue weighted by Crippen LogP contribution is 2.30. The molecule has 7 heteroatoms. The van der Waals surface area contributed by atoms with Crippen LogP contribution < -0.4 is 9.46 Å². The van der Waals surface area contributed by atoms with Crippen molar-refractivity contribution in [2.24, 2.45) is 0 Å². The van der Waals surface area contributed by atoms with Crippen molar-refractivity contribution in [1.82, 2.24) is 4.98 Å². The van der Waals surface area contributed by atoms with E-state index in [1.807, 2.05) is 24.3 Å². The number of anilines is 1. The van der Waals surface area contributed by atoms with E-state index in [4.69, 9.17) is 16.3 Å². The van der Waals surface area contributed by atoms with Crippen LogP contribution in [0.4, 0.5) is 5.82 Å². The van der Waals surface area contributed by atoms with Crippen molar-refractivity contribution in [3.8, 4) is 5.75 Å². The molecule has 1 aromatic heterocycles. The Balaban J connectivity index is 2.09. The average Bonchev–Trinajstić information content (AvgIpc) is 2.55. The number of fused-ring (bicyclic) bond motifs is 1. The molecule has 0 saturated heterocycles. The number of ether oxygens (including phenoxy) is 1. The number of nitrogens with zero attached hydrogens (tertiary/aromatic N) is 1. The number of pyridine rings is 1. The fraction of sp³-hybridized carbons (Fsp3) is 0.0625. The molecule has 118 valence electrons. The predicted molar refractivity (Wildman–Crippen MR) is 90.6 cm³/mol. The first-order valence-corrected chi connectivity index (χ1v) is 8.57. The van der Waals surface area contributed by atoms with Crippen molar-refractivity contribution >= 4 is 38.2 Å². The van der Waals surface area contributed by atoms with Crippen LogP contribution in [0.2, 0.25) is 5.02 Å². The summed E-state index contributed by atoms with van der Waals surface area (Å²) < 4.78 is 33.0. The van der Waals surface area contributed by atoms with E-state index in [1.54, 1.807) is 18.3 Å². The zero-order chi connectivity index (χ0) is 16.4. The Kier molecular flexibility index (Phi) is 4.11. The van der Waals surface area contributed by atoms with Gasteiger partial charge in [0.25, 0.3) is 10.0 Å².